The Kier molecular flexibility index (Phi) is 4.88. The Morgan fingerprint density at radius 1 is 1.14 bits per heavy atom. The van der Waals surface area contributed by atoms with Gasteiger partial charge in [0.2, 0.25) is 11.6 Å². The van der Waals surface area contributed by atoms with Crippen LogP contribution in [-0.2, 0) is 0 Å². The lowest BCUT2D eigenvalue weighted by Crippen LogP contribution is -2.08. The Balaban J connectivity index is 2.39. The zero-order chi connectivity index (χ0) is 16.1. The fraction of sp³-hybridized carbons (Fsp3) is 0.333. The van der Waals surface area contributed by atoms with Gasteiger partial charge in [0.1, 0.15) is 6.33 Å². The predicted octanol–water partition coefficient (Wildman–Crippen LogP) is 3.57. The molecule has 0 amide bonds. The first kappa shape index (κ1) is 15.7. The molecular weight excluding hydrogens is 282 g/mol. The Morgan fingerprint density at radius 3 is 2.36 bits per heavy atom. The topological polar surface area (TPSA) is 93.0 Å². The summed E-state index contributed by atoms with van der Waals surface area (Å²) in [5.74, 6) is 0.414. The van der Waals surface area contributed by atoms with Gasteiger partial charge in [0.05, 0.1) is 4.92 Å². The number of hydrogen-bond donors (Lipinski definition) is 2. The van der Waals surface area contributed by atoms with Crippen molar-refractivity contribution >= 4 is 23.0 Å². The van der Waals surface area contributed by atoms with Crippen LogP contribution in [0.4, 0.5) is 23.0 Å². The molecule has 0 bridgehead atoms. The number of aryl methyl sites for hydroxylation is 2. The predicted molar refractivity (Wildman–Crippen MR) is 86.7 cm³/mol. The third kappa shape index (κ3) is 3.69. The molecule has 0 fully saturated rings. The SMILES string of the molecule is CCCNc1ncnc(Nc2cc(C)cc(C)c2)c1[N+](=O)[O-]. The molecule has 0 unspecified atom stereocenters. The van der Waals surface area contributed by atoms with E-state index in [-0.39, 0.29) is 17.3 Å². The van der Waals surface area contributed by atoms with Crippen LogP contribution in [0.3, 0.4) is 0 Å². The van der Waals surface area contributed by atoms with Gasteiger partial charge < -0.3 is 10.6 Å². The average Bonchev–Trinajstić information content (AvgIpc) is 2.43. The van der Waals surface area contributed by atoms with Gasteiger partial charge in [0, 0.05) is 12.2 Å². The molecule has 0 aliphatic heterocycles. The van der Waals surface area contributed by atoms with Crippen LogP contribution in [0.25, 0.3) is 0 Å². The summed E-state index contributed by atoms with van der Waals surface area (Å²) in [6.07, 6.45) is 2.16. The molecule has 1 heterocycles. The Labute approximate surface area is 129 Å². The zero-order valence-corrected chi connectivity index (χ0v) is 12.9. The van der Waals surface area contributed by atoms with Crippen LogP contribution in [0.2, 0.25) is 0 Å². The van der Waals surface area contributed by atoms with Crippen molar-refractivity contribution in [2.45, 2.75) is 27.2 Å². The van der Waals surface area contributed by atoms with Crippen molar-refractivity contribution in [1.82, 2.24) is 9.97 Å². The minimum atomic E-state index is -0.469. The molecule has 0 spiro atoms. The summed E-state index contributed by atoms with van der Waals surface area (Å²) in [5, 5.41) is 17.4. The maximum atomic E-state index is 11.4. The fourth-order valence-electron chi connectivity index (χ4n) is 2.20. The quantitative estimate of drug-likeness (QED) is 0.626. The highest BCUT2D eigenvalue weighted by Gasteiger charge is 2.22. The van der Waals surface area contributed by atoms with E-state index < -0.39 is 4.92 Å². The van der Waals surface area contributed by atoms with Crippen LogP contribution < -0.4 is 10.6 Å². The molecule has 7 heteroatoms. The molecule has 0 atom stereocenters. The maximum absolute atomic E-state index is 11.4. The van der Waals surface area contributed by atoms with Crippen molar-refractivity contribution in [3.05, 3.63) is 45.8 Å². The smallest absolute Gasteiger partial charge is 0.353 e. The van der Waals surface area contributed by atoms with Gasteiger partial charge in [-0.15, -0.1) is 0 Å². The second-order valence-corrected chi connectivity index (χ2v) is 5.10. The van der Waals surface area contributed by atoms with Crippen LogP contribution in [0.15, 0.2) is 24.5 Å². The van der Waals surface area contributed by atoms with Gasteiger partial charge in [-0.1, -0.05) is 13.0 Å². The summed E-state index contributed by atoms with van der Waals surface area (Å²) in [6, 6.07) is 5.86. The standard InChI is InChI=1S/C15H19N5O2/c1-4-5-16-14-13(20(21)22)15(18-9-17-14)19-12-7-10(2)6-11(3)8-12/h6-9H,4-5H2,1-3H3,(H2,16,17,18,19). The molecule has 1 aromatic carbocycles. The van der Waals surface area contributed by atoms with E-state index in [1.807, 2.05) is 39.0 Å². The summed E-state index contributed by atoms with van der Waals surface area (Å²) in [4.78, 5) is 18.9. The van der Waals surface area contributed by atoms with Gasteiger partial charge >= 0.3 is 5.69 Å². The Morgan fingerprint density at radius 2 is 1.77 bits per heavy atom. The molecule has 7 nitrogen and oxygen atoms in total. The normalized spacial score (nSPS) is 10.3. The van der Waals surface area contributed by atoms with E-state index in [4.69, 9.17) is 0 Å². The largest absolute Gasteiger partial charge is 0.364 e. The molecule has 22 heavy (non-hydrogen) atoms. The number of aromatic nitrogens is 2. The molecule has 2 N–H and O–H groups in total. The highest BCUT2D eigenvalue weighted by atomic mass is 16.6. The van der Waals surface area contributed by atoms with Crippen LogP contribution in [0, 0.1) is 24.0 Å². The molecular formula is C15H19N5O2. The second-order valence-electron chi connectivity index (χ2n) is 5.10. The van der Waals surface area contributed by atoms with E-state index in [1.54, 1.807) is 0 Å². The summed E-state index contributed by atoms with van der Waals surface area (Å²) >= 11 is 0. The number of nitrogens with zero attached hydrogens (tertiary/aromatic N) is 3. The van der Waals surface area contributed by atoms with E-state index in [9.17, 15) is 10.1 Å². The highest BCUT2D eigenvalue weighted by Crippen LogP contribution is 2.31. The number of anilines is 3. The molecule has 0 saturated heterocycles. The molecule has 0 radical (unpaired) electrons. The van der Waals surface area contributed by atoms with Gasteiger partial charge in [-0.3, -0.25) is 10.1 Å². The molecule has 1 aromatic heterocycles. The molecule has 116 valence electrons. The van der Waals surface area contributed by atoms with Gasteiger partial charge in [-0.05, 0) is 43.5 Å². The van der Waals surface area contributed by atoms with Crippen LogP contribution in [-0.4, -0.2) is 21.4 Å². The molecule has 2 rings (SSSR count). The van der Waals surface area contributed by atoms with E-state index >= 15 is 0 Å². The van der Waals surface area contributed by atoms with Crippen molar-refractivity contribution in [1.29, 1.82) is 0 Å². The molecule has 0 aliphatic carbocycles. The third-order valence-corrected chi connectivity index (χ3v) is 3.03. The molecule has 2 aromatic rings. The Bertz CT molecular complexity index is 667. The lowest BCUT2D eigenvalue weighted by atomic mass is 10.1. The second kappa shape index (κ2) is 6.84. The lowest BCUT2D eigenvalue weighted by Gasteiger charge is -2.10. The minimum Gasteiger partial charge on any atom is -0.364 e. The van der Waals surface area contributed by atoms with E-state index in [0.717, 1.165) is 23.2 Å². The zero-order valence-electron chi connectivity index (χ0n) is 12.9. The van der Waals surface area contributed by atoms with E-state index in [2.05, 4.69) is 20.6 Å². The fourth-order valence-corrected chi connectivity index (χ4v) is 2.20. The summed E-state index contributed by atoms with van der Waals surface area (Å²) < 4.78 is 0. The first-order valence-electron chi connectivity index (χ1n) is 7.10. The lowest BCUT2D eigenvalue weighted by molar-refractivity contribution is -0.383. The van der Waals surface area contributed by atoms with Crippen molar-refractivity contribution < 1.29 is 4.92 Å². The number of rotatable bonds is 6. The monoisotopic (exact) mass is 301 g/mol. The van der Waals surface area contributed by atoms with Crippen molar-refractivity contribution in [2.75, 3.05) is 17.2 Å². The highest BCUT2D eigenvalue weighted by molar-refractivity contribution is 5.74. The molecule has 0 aliphatic rings. The van der Waals surface area contributed by atoms with Gasteiger partial charge in [-0.25, -0.2) is 9.97 Å². The summed E-state index contributed by atoms with van der Waals surface area (Å²) in [5.41, 5.74) is 2.77. The van der Waals surface area contributed by atoms with Crippen molar-refractivity contribution in [2.24, 2.45) is 0 Å². The number of nitrogens with one attached hydrogen (secondary N) is 2. The molecule has 0 saturated carbocycles. The van der Waals surface area contributed by atoms with Crippen LogP contribution in [0.1, 0.15) is 24.5 Å². The van der Waals surface area contributed by atoms with Gasteiger partial charge in [0.25, 0.3) is 0 Å². The van der Waals surface area contributed by atoms with Crippen molar-refractivity contribution in [3.63, 3.8) is 0 Å². The minimum absolute atomic E-state index is 0.143. The first-order valence-corrected chi connectivity index (χ1v) is 7.10. The maximum Gasteiger partial charge on any atom is 0.353 e. The van der Waals surface area contributed by atoms with Crippen LogP contribution >= 0.6 is 0 Å². The Hall–Kier alpha value is -2.70. The number of benzene rings is 1. The van der Waals surface area contributed by atoms with E-state index in [0.29, 0.717) is 6.54 Å². The van der Waals surface area contributed by atoms with Gasteiger partial charge in [-0.2, -0.15) is 0 Å². The van der Waals surface area contributed by atoms with Crippen LogP contribution in [0.5, 0.6) is 0 Å². The average molecular weight is 301 g/mol. The van der Waals surface area contributed by atoms with Crippen molar-refractivity contribution in [3.8, 4) is 0 Å². The van der Waals surface area contributed by atoms with E-state index in [1.165, 1.54) is 6.33 Å². The summed E-state index contributed by atoms with van der Waals surface area (Å²) in [6.45, 7) is 6.54. The first-order chi connectivity index (χ1) is 10.5. The van der Waals surface area contributed by atoms with Gasteiger partial charge in [0.15, 0.2) is 0 Å². The third-order valence-electron chi connectivity index (χ3n) is 3.03. The summed E-state index contributed by atoms with van der Waals surface area (Å²) in [7, 11) is 0. The number of hydrogen-bond acceptors (Lipinski definition) is 6. The number of nitro groups is 1.